The fourth-order valence-corrected chi connectivity index (χ4v) is 1.80. The summed E-state index contributed by atoms with van der Waals surface area (Å²) in [5, 5.41) is 0. The largest absolute Gasteiger partial charge is 0.322 e. The maximum Gasteiger partial charge on any atom is 0.109 e. The number of aryl methyl sites for hydroxylation is 1. The van der Waals surface area contributed by atoms with Crippen LogP contribution in [0.1, 0.15) is 17.2 Å². The number of halogens is 3. The molecule has 0 heterocycles. The first-order valence-electron chi connectivity index (χ1n) is 3.72. The van der Waals surface area contributed by atoms with Gasteiger partial charge in [0.05, 0.1) is 6.04 Å². The van der Waals surface area contributed by atoms with Gasteiger partial charge in [0.1, 0.15) is 6.67 Å². The van der Waals surface area contributed by atoms with E-state index in [0.717, 1.165) is 15.6 Å². The van der Waals surface area contributed by atoms with Crippen LogP contribution in [0.15, 0.2) is 22.7 Å². The van der Waals surface area contributed by atoms with E-state index in [1.807, 2.05) is 25.1 Å². The van der Waals surface area contributed by atoms with Gasteiger partial charge in [0.15, 0.2) is 0 Å². The van der Waals surface area contributed by atoms with Crippen molar-refractivity contribution in [3.8, 4) is 0 Å². The third kappa shape index (κ3) is 3.25. The Balaban J connectivity index is 0.00000144. The van der Waals surface area contributed by atoms with E-state index in [4.69, 9.17) is 5.73 Å². The minimum absolute atomic E-state index is 0. The quantitative estimate of drug-likeness (QED) is 0.876. The second kappa shape index (κ2) is 5.58. The summed E-state index contributed by atoms with van der Waals surface area (Å²) in [5.74, 6) is 0. The first-order valence-corrected chi connectivity index (χ1v) is 4.52. The summed E-state index contributed by atoms with van der Waals surface area (Å²) >= 11 is 3.34. The lowest BCUT2D eigenvalue weighted by Crippen LogP contribution is -2.12. The third-order valence-electron chi connectivity index (χ3n) is 1.72. The van der Waals surface area contributed by atoms with Crippen molar-refractivity contribution in [2.45, 2.75) is 13.0 Å². The van der Waals surface area contributed by atoms with Crippen molar-refractivity contribution < 1.29 is 4.39 Å². The van der Waals surface area contributed by atoms with Crippen molar-refractivity contribution in [1.82, 2.24) is 0 Å². The first kappa shape index (κ1) is 12.9. The van der Waals surface area contributed by atoms with Crippen LogP contribution in [0.4, 0.5) is 4.39 Å². The van der Waals surface area contributed by atoms with E-state index >= 15 is 0 Å². The van der Waals surface area contributed by atoms with Crippen molar-refractivity contribution in [2.75, 3.05) is 6.67 Å². The molecule has 1 aromatic rings. The van der Waals surface area contributed by atoms with Gasteiger partial charge >= 0.3 is 0 Å². The van der Waals surface area contributed by atoms with Crippen LogP contribution in [0, 0.1) is 6.92 Å². The highest BCUT2D eigenvalue weighted by molar-refractivity contribution is 9.10. The monoisotopic (exact) mass is 267 g/mol. The molecular weight excluding hydrogens is 256 g/mol. The summed E-state index contributed by atoms with van der Waals surface area (Å²) in [7, 11) is 0. The van der Waals surface area contributed by atoms with E-state index in [-0.39, 0.29) is 12.4 Å². The van der Waals surface area contributed by atoms with Gasteiger partial charge in [0, 0.05) is 4.47 Å². The predicted molar refractivity (Wildman–Crippen MR) is 59.0 cm³/mol. The van der Waals surface area contributed by atoms with Crippen LogP contribution in [0.5, 0.6) is 0 Å². The maximum atomic E-state index is 12.2. The normalized spacial score (nSPS) is 12.0. The topological polar surface area (TPSA) is 26.0 Å². The smallest absolute Gasteiger partial charge is 0.109 e. The van der Waals surface area contributed by atoms with Crippen LogP contribution in [-0.4, -0.2) is 6.67 Å². The Hall–Kier alpha value is -0.120. The standard InChI is InChI=1S/C9H11BrFN.ClH/c1-6-2-3-7(8(10)4-6)9(12)5-11;/h2-4,9H,5,12H2,1H3;1H/t9-;/m0./s1. The molecular formula is C9H12BrClFN. The molecule has 2 N–H and O–H groups in total. The summed E-state index contributed by atoms with van der Waals surface area (Å²) in [6, 6.07) is 5.20. The van der Waals surface area contributed by atoms with Crippen molar-refractivity contribution in [2.24, 2.45) is 5.73 Å². The van der Waals surface area contributed by atoms with Gasteiger partial charge in [0.25, 0.3) is 0 Å². The second-order valence-electron chi connectivity index (χ2n) is 2.79. The molecule has 0 unspecified atom stereocenters. The van der Waals surface area contributed by atoms with E-state index < -0.39 is 12.7 Å². The van der Waals surface area contributed by atoms with E-state index in [1.165, 1.54) is 0 Å². The number of alkyl halides is 1. The first-order chi connectivity index (χ1) is 5.65. The molecule has 0 saturated carbocycles. The van der Waals surface area contributed by atoms with Crippen LogP contribution < -0.4 is 5.73 Å². The van der Waals surface area contributed by atoms with Gasteiger partial charge in [-0.15, -0.1) is 12.4 Å². The van der Waals surface area contributed by atoms with E-state index in [2.05, 4.69) is 15.9 Å². The van der Waals surface area contributed by atoms with Gasteiger partial charge in [0.2, 0.25) is 0 Å². The fourth-order valence-electron chi connectivity index (χ4n) is 1.02. The molecule has 0 radical (unpaired) electrons. The minimum Gasteiger partial charge on any atom is -0.322 e. The van der Waals surface area contributed by atoms with Gasteiger partial charge in [-0.25, -0.2) is 4.39 Å². The molecule has 0 aliphatic rings. The lowest BCUT2D eigenvalue weighted by Gasteiger charge is -2.09. The Kier molecular flexibility index (Phi) is 5.53. The molecule has 0 amide bonds. The zero-order valence-electron chi connectivity index (χ0n) is 7.26. The molecule has 0 aliphatic heterocycles. The molecule has 74 valence electrons. The number of benzene rings is 1. The van der Waals surface area contributed by atoms with Crippen molar-refractivity contribution >= 4 is 28.3 Å². The highest BCUT2D eigenvalue weighted by atomic mass is 79.9. The van der Waals surface area contributed by atoms with Crippen LogP contribution >= 0.6 is 28.3 Å². The molecule has 4 heteroatoms. The summed E-state index contributed by atoms with van der Waals surface area (Å²) in [6.07, 6.45) is 0. The highest BCUT2D eigenvalue weighted by Crippen LogP contribution is 2.23. The van der Waals surface area contributed by atoms with Crippen LogP contribution in [0.25, 0.3) is 0 Å². The maximum absolute atomic E-state index is 12.2. The van der Waals surface area contributed by atoms with Gasteiger partial charge in [-0.3, -0.25) is 0 Å². The summed E-state index contributed by atoms with van der Waals surface area (Å²) in [5.41, 5.74) is 7.50. The molecule has 0 spiro atoms. The second-order valence-corrected chi connectivity index (χ2v) is 3.64. The highest BCUT2D eigenvalue weighted by Gasteiger charge is 2.08. The number of hydrogen-bond donors (Lipinski definition) is 1. The Morgan fingerprint density at radius 1 is 1.54 bits per heavy atom. The number of nitrogens with two attached hydrogens (primary N) is 1. The summed E-state index contributed by atoms with van der Waals surface area (Å²) in [4.78, 5) is 0. The summed E-state index contributed by atoms with van der Waals surface area (Å²) < 4.78 is 13.1. The van der Waals surface area contributed by atoms with E-state index in [1.54, 1.807) is 0 Å². The van der Waals surface area contributed by atoms with Crippen LogP contribution in [0.2, 0.25) is 0 Å². The lowest BCUT2D eigenvalue weighted by molar-refractivity contribution is 0.436. The summed E-state index contributed by atoms with van der Waals surface area (Å²) in [6.45, 7) is 1.46. The lowest BCUT2D eigenvalue weighted by atomic mass is 10.1. The SMILES string of the molecule is Cc1ccc([C@@H](N)CF)c(Br)c1.Cl. The molecule has 0 saturated heterocycles. The Bertz CT molecular complexity index is 280. The van der Waals surface area contributed by atoms with Crippen molar-refractivity contribution in [1.29, 1.82) is 0 Å². The average molecular weight is 269 g/mol. The molecule has 1 nitrogen and oxygen atoms in total. The van der Waals surface area contributed by atoms with Crippen LogP contribution in [0.3, 0.4) is 0 Å². The van der Waals surface area contributed by atoms with Gasteiger partial charge < -0.3 is 5.73 Å². The fraction of sp³-hybridized carbons (Fsp3) is 0.333. The Morgan fingerprint density at radius 3 is 2.62 bits per heavy atom. The predicted octanol–water partition coefficient (Wildman–Crippen LogP) is 3.15. The van der Waals surface area contributed by atoms with Crippen molar-refractivity contribution in [3.63, 3.8) is 0 Å². The van der Waals surface area contributed by atoms with Gasteiger partial charge in [-0.05, 0) is 24.1 Å². The Labute approximate surface area is 92.1 Å². The third-order valence-corrected chi connectivity index (χ3v) is 2.41. The molecule has 13 heavy (non-hydrogen) atoms. The van der Waals surface area contributed by atoms with Gasteiger partial charge in [-0.1, -0.05) is 28.1 Å². The molecule has 0 fully saturated rings. The zero-order valence-corrected chi connectivity index (χ0v) is 9.66. The van der Waals surface area contributed by atoms with E-state index in [0.29, 0.717) is 0 Å². The minimum atomic E-state index is -0.526. The Morgan fingerprint density at radius 2 is 2.15 bits per heavy atom. The van der Waals surface area contributed by atoms with Crippen molar-refractivity contribution in [3.05, 3.63) is 33.8 Å². The van der Waals surface area contributed by atoms with E-state index in [9.17, 15) is 4.39 Å². The average Bonchev–Trinajstić information content (AvgIpc) is 2.03. The number of rotatable bonds is 2. The molecule has 0 aromatic heterocycles. The van der Waals surface area contributed by atoms with Crippen LogP contribution in [-0.2, 0) is 0 Å². The number of hydrogen-bond acceptors (Lipinski definition) is 1. The van der Waals surface area contributed by atoms with Gasteiger partial charge in [-0.2, -0.15) is 0 Å². The zero-order chi connectivity index (χ0) is 9.14. The molecule has 1 aromatic carbocycles. The molecule has 0 aliphatic carbocycles. The molecule has 1 rings (SSSR count). The molecule has 0 bridgehead atoms. The molecule has 1 atom stereocenters.